The van der Waals surface area contributed by atoms with E-state index in [1.807, 2.05) is 0 Å². The van der Waals surface area contributed by atoms with E-state index in [9.17, 15) is 9.18 Å². The highest BCUT2D eigenvalue weighted by molar-refractivity contribution is 5.77. The van der Waals surface area contributed by atoms with Gasteiger partial charge in [-0.3, -0.25) is 9.36 Å². The minimum atomic E-state index is -0.520. The summed E-state index contributed by atoms with van der Waals surface area (Å²) < 4.78 is 20.8. The van der Waals surface area contributed by atoms with Crippen LogP contribution >= 0.6 is 0 Å². The van der Waals surface area contributed by atoms with Crippen LogP contribution in [-0.4, -0.2) is 22.3 Å². The van der Waals surface area contributed by atoms with Crippen molar-refractivity contribution in [3.8, 4) is 0 Å². The molecule has 2 heterocycles. The molecular formula is C14H15FN2O2. The van der Waals surface area contributed by atoms with Gasteiger partial charge in [-0.2, -0.15) is 0 Å². The van der Waals surface area contributed by atoms with Crippen molar-refractivity contribution >= 4 is 10.9 Å². The second kappa shape index (κ2) is 5.09. The maximum Gasteiger partial charge on any atom is 0.264 e. The maximum absolute atomic E-state index is 13.7. The third-order valence-corrected chi connectivity index (χ3v) is 3.48. The Labute approximate surface area is 109 Å². The standard InChI is InChI=1S/C14H15FN2O2/c15-11-5-3-6-12-13(11)14(18)17(9-16-12)8-10-4-1-2-7-19-10/h3,5-6,9-10H,1-2,4,7-8H2/t10-/m0/s1. The number of hydrogen-bond acceptors (Lipinski definition) is 3. The minimum Gasteiger partial charge on any atom is -0.376 e. The first kappa shape index (κ1) is 12.3. The first-order valence-electron chi connectivity index (χ1n) is 6.51. The van der Waals surface area contributed by atoms with E-state index in [1.165, 1.54) is 17.0 Å². The number of benzene rings is 1. The first-order chi connectivity index (χ1) is 9.25. The average molecular weight is 262 g/mol. The van der Waals surface area contributed by atoms with Crippen LogP contribution in [0.3, 0.4) is 0 Å². The summed E-state index contributed by atoms with van der Waals surface area (Å²) in [6.07, 6.45) is 4.60. The zero-order chi connectivity index (χ0) is 13.2. The summed E-state index contributed by atoms with van der Waals surface area (Å²) in [5.41, 5.74) is 0.0584. The van der Waals surface area contributed by atoms with E-state index < -0.39 is 5.82 Å². The van der Waals surface area contributed by atoms with E-state index in [0.29, 0.717) is 12.1 Å². The molecule has 0 radical (unpaired) electrons. The molecule has 5 heteroatoms. The Kier molecular flexibility index (Phi) is 3.29. The Morgan fingerprint density at radius 1 is 1.42 bits per heavy atom. The van der Waals surface area contributed by atoms with Crippen LogP contribution in [0.2, 0.25) is 0 Å². The quantitative estimate of drug-likeness (QED) is 0.832. The summed E-state index contributed by atoms with van der Waals surface area (Å²) in [6, 6.07) is 4.48. The normalized spacial score (nSPS) is 19.7. The van der Waals surface area contributed by atoms with Crippen LogP contribution in [0.5, 0.6) is 0 Å². The molecule has 4 nitrogen and oxygen atoms in total. The van der Waals surface area contributed by atoms with Gasteiger partial charge in [0.15, 0.2) is 0 Å². The third kappa shape index (κ3) is 2.38. The van der Waals surface area contributed by atoms with E-state index in [-0.39, 0.29) is 17.0 Å². The lowest BCUT2D eigenvalue weighted by Gasteiger charge is -2.23. The van der Waals surface area contributed by atoms with E-state index in [0.717, 1.165) is 25.9 Å². The van der Waals surface area contributed by atoms with Crippen LogP contribution < -0.4 is 5.56 Å². The van der Waals surface area contributed by atoms with E-state index >= 15 is 0 Å². The van der Waals surface area contributed by atoms with Crippen LogP contribution in [0.1, 0.15) is 19.3 Å². The summed E-state index contributed by atoms with van der Waals surface area (Å²) in [4.78, 5) is 16.4. The van der Waals surface area contributed by atoms with Crippen LogP contribution in [0, 0.1) is 5.82 Å². The fourth-order valence-corrected chi connectivity index (χ4v) is 2.46. The van der Waals surface area contributed by atoms with Gasteiger partial charge in [0.25, 0.3) is 5.56 Å². The zero-order valence-corrected chi connectivity index (χ0v) is 10.5. The number of rotatable bonds is 2. The topological polar surface area (TPSA) is 44.1 Å². The second-order valence-corrected chi connectivity index (χ2v) is 4.82. The molecule has 1 atom stereocenters. The Bertz CT molecular complexity index is 647. The third-order valence-electron chi connectivity index (χ3n) is 3.48. The summed E-state index contributed by atoms with van der Waals surface area (Å²) in [5.74, 6) is -0.520. The Hall–Kier alpha value is -1.75. The Balaban J connectivity index is 1.98. The summed E-state index contributed by atoms with van der Waals surface area (Å²) >= 11 is 0. The molecule has 1 fully saturated rings. The van der Waals surface area contributed by atoms with Gasteiger partial charge in [0.2, 0.25) is 0 Å². The van der Waals surface area contributed by atoms with Crippen molar-refractivity contribution in [2.45, 2.75) is 31.9 Å². The van der Waals surface area contributed by atoms with Crippen LogP contribution in [0.15, 0.2) is 29.3 Å². The van der Waals surface area contributed by atoms with Gasteiger partial charge >= 0.3 is 0 Å². The predicted molar refractivity (Wildman–Crippen MR) is 69.6 cm³/mol. The van der Waals surface area contributed by atoms with Crippen molar-refractivity contribution in [1.82, 2.24) is 9.55 Å². The largest absolute Gasteiger partial charge is 0.376 e. The molecule has 2 aromatic rings. The van der Waals surface area contributed by atoms with Crippen molar-refractivity contribution in [2.24, 2.45) is 0 Å². The monoisotopic (exact) mass is 262 g/mol. The Morgan fingerprint density at radius 2 is 2.32 bits per heavy atom. The molecule has 0 bridgehead atoms. The molecule has 0 spiro atoms. The van der Waals surface area contributed by atoms with Gasteiger partial charge in [-0.15, -0.1) is 0 Å². The lowest BCUT2D eigenvalue weighted by Crippen LogP contribution is -2.31. The highest BCUT2D eigenvalue weighted by Crippen LogP contribution is 2.15. The number of aromatic nitrogens is 2. The average Bonchev–Trinajstić information content (AvgIpc) is 2.43. The van der Waals surface area contributed by atoms with Gasteiger partial charge in [-0.05, 0) is 31.4 Å². The van der Waals surface area contributed by atoms with Gasteiger partial charge in [0.1, 0.15) is 11.2 Å². The van der Waals surface area contributed by atoms with Gasteiger partial charge in [0.05, 0.1) is 24.5 Å². The van der Waals surface area contributed by atoms with Gasteiger partial charge in [0, 0.05) is 6.61 Å². The predicted octanol–water partition coefficient (Wildman–Crippen LogP) is 2.10. The van der Waals surface area contributed by atoms with Gasteiger partial charge in [-0.25, -0.2) is 9.37 Å². The fraction of sp³-hybridized carbons (Fsp3) is 0.429. The molecule has 0 saturated carbocycles. The first-order valence-corrected chi connectivity index (χ1v) is 6.51. The maximum atomic E-state index is 13.7. The lowest BCUT2D eigenvalue weighted by molar-refractivity contribution is 0.00534. The van der Waals surface area contributed by atoms with Crippen molar-refractivity contribution in [1.29, 1.82) is 0 Å². The summed E-state index contributed by atoms with van der Waals surface area (Å²) in [7, 11) is 0. The van der Waals surface area contributed by atoms with Crippen LogP contribution in [0.4, 0.5) is 4.39 Å². The number of nitrogens with zero attached hydrogens (tertiary/aromatic N) is 2. The summed E-state index contributed by atoms with van der Waals surface area (Å²) in [6.45, 7) is 1.17. The molecule has 3 rings (SSSR count). The smallest absolute Gasteiger partial charge is 0.264 e. The molecule has 0 aliphatic carbocycles. The molecule has 1 aliphatic rings. The highest BCUT2D eigenvalue weighted by Gasteiger charge is 2.16. The van der Waals surface area contributed by atoms with Crippen LogP contribution in [0.25, 0.3) is 10.9 Å². The molecular weight excluding hydrogens is 247 g/mol. The highest BCUT2D eigenvalue weighted by atomic mass is 19.1. The molecule has 1 aromatic heterocycles. The van der Waals surface area contributed by atoms with E-state index in [4.69, 9.17) is 4.74 Å². The van der Waals surface area contributed by atoms with Crippen molar-refractivity contribution < 1.29 is 9.13 Å². The second-order valence-electron chi connectivity index (χ2n) is 4.82. The van der Waals surface area contributed by atoms with Crippen molar-refractivity contribution in [3.63, 3.8) is 0 Å². The molecule has 1 saturated heterocycles. The fourth-order valence-electron chi connectivity index (χ4n) is 2.46. The summed E-state index contributed by atoms with van der Waals surface area (Å²) in [5, 5.41) is 0.0563. The minimum absolute atomic E-state index is 0.0254. The molecule has 1 aliphatic heterocycles. The van der Waals surface area contributed by atoms with E-state index in [1.54, 1.807) is 12.1 Å². The number of halogens is 1. The Morgan fingerprint density at radius 3 is 3.11 bits per heavy atom. The molecule has 0 N–H and O–H groups in total. The van der Waals surface area contributed by atoms with Crippen LogP contribution in [-0.2, 0) is 11.3 Å². The van der Waals surface area contributed by atoms with Gasteiger partial charge in [-0.1, -0.05) is 6.07 Å². The molecule has 0 unspecified atom stereocenters. The molecule has 19 heavy (non-hydrogen) atoms. The SMILES string of the molecule is O=c1c2c(F)cccc2ncn1C[C@@H]1CCCCO1. The molecule has 100 valence electrons. The molecule has 1 aromatic carbocycles. The zero-order valence-electron chi connectivity index (χ0n) is 10.5. The van der Waals surface area contributed by atoms with Crippen molar-refractivity contribution in [2.75, 3.05) is 6.61 Å². The van der Waals surface area contributed by atoms with Gasteiger partial charge < -0.3 is 4.74 Å². The van der Waals surface area contributed by atoms with Crippen molar-refractivity contribution in [3.05, 3.63) is 40.7 Å². The number of fused-ring (bicyclic) bond motifs is 1. The molecule has 0 amide bonds. The number of hydrogen-bond donors (Lipinski definition) is 0. The van der Waals surface area contributed by atoms with E-state index in [2.05, 4.69) is 4.98 Å². The lowest BCUT2D eigenvalue weighted by atomic mass is 10.1. The number of ether oxygens (including phenoxy) is 1.